The molecule has 0 bridgehead atoms. The maximum atomic E-state index is 4.90. The Balaban J connectivity index is 2.12. The van der Waals surface area contributed by atoms with E-state index >= 15 is 0 Å². The van der Waals surface area contributed by atoms with Crippen LogP contribution >= 0.6 is 0 Å². The van der Waals surface area contributed by atoms with Gasteiger partial charge in [-0.3, -0.25) is 5.73 Å². The summed E-state index contributed by atoms with van der Waals surface area (Å²) in [6.07, 6.45) is -0.971. The fraction of sp³-hybridized carbons (Fsp3) is 1.00. The van der Waals surface area contributed by atoms with Crippen LogP contribution in [0.2, 0.25) is 0 Å². The molecule has 0 unspecified atom stereocenters. The summed E-state index contributed by atoms with van der Waals surface area (Å²) in [6.45, 7) is 0. The monoisotopic (exact) mass is 108 g/mol. The minimum absolute atomic E-state index is 0.971. The molecule has 0 radical (unpaired) electrons. The molecule has 0 spiro atoms. The van der Waals surface area contributed by atoms with Gasteiger partial charge in [-0.05, 0) is 5.64 Å². The van der Waals surface area contributed by atoms with Gasteiger partial charge >= 0.3 is 0 Å². The lowest BCUT2D eigenvalue weighted by Crippen LogP contribution is -2.37. The molecule has 42 valence electrons. The summed E-state index contributed by atoms with van der Waals surface area (Å²) in [7, 11) is 0. The summed E-state index contributed by atoms with van der Waals surface area (Å²) in [5.41, 5.74) is 6.69. The highest BCUT2D eigenvalue weighted by molar-refractivity contribution is 4.09. The molecule has 1 rings (SSSR count). The van der Waals surface area contributed by atoms with Crippen LogP contribution in [-0.2, 0) is 19.8 Å². The van der Waals surface area contributed by atoms with Gasteiger partial charge in [-0.25, -0.2) is 0 Å². The van der Waals surface area contributed by atoms with Crippen LogP contribution in [0.4, 0.5) is 0 Å². The van der Waals surface area contributed by atoms with Crippen molar-refractivity contribution in [1.82, 2.24) is 5.64 Å². The predicted molar refractivity (Wildman–Crippen MR) is 15.5 cm³/mol. The molecule has 0 saturated carbocycles. The highest BCUT2D eigenvalue weighted by Crippen LogP contribution is 1.90. The summed E-state index contributed by atoms with van der Waals surface area (Å²) in [6, 6.07) is 0. The second kappa shape index (κ2) is 2.17. The Morgan fingerprint density at radius 3 is 2.14 bits per heavy atom. The van der Waals surface area contributed by atoms with Crippen molar-refractivity contribution in [2.24, 2.45) is 5.73 Å². The summed E-state index contributed by atoms with van der Waals surface area (Å²) < 4.78 is 0. The van der Waals surface area contributed by atoms with E-state index in [9.17, 15) is 0 Å². The number of hydrogen-bond donors (Lipinski definition) is 2. The third-order valence-electron chi connectivity index (χ3n) is 0.354. The minimum atomic E-state index is -0.971. The van der Waals surface area contributed by atoms with E-state index in [1.807, 2.05) is 0 Å². The lowest BCUT2D eigenvalue weighted by Gasteiger charge is -2.14. The average Bonchev–Trinajstić information content (AvgIpc) is 1.69. The van der Waals surface area contributed by atoms with Crippen LogP contribution in [0.15, 0.2) is 0 Å². The Morgan fingerprint density at radius 2 is 1.86 bits per heavy atom. The van der Waals surface area contributed by atoms with Crippen molar-refractivity contribution in [3.63, 3.8) is 0 Å². The zero-order chi connectivity index (χ0) is 5.11. The van der Waals surface area contributed by atoms with Crippen molar-refractivity contribution in [2.75, 3.05) is 0 Å². The molecule has 0 aliphatic carbocycles. The largest absolute Gasteiger partial charge is 0.279 e. The van der Waals surface area contributed by atoms with Crippen LogP contribution in [0.5, 0.6) is 0 Å². The minimum Gasteiger partial charge on any atom is -0.278 e. The highest BCUT2D eigenvalue weighted by Gasteiger charge is 2.09. The third-order valence-corrected chi connectivity index (χ3v) is 0.354. The number of rotatable bonds is 0. The first kappa shape index (κ1) is 4.91. The molecule has 1 heterocycles. The average molecular weight is 108 g/mol. The second-order valence-corrected chi connectivity index (χ2v) is 0.811. The smallest absolute Gasteiger partial charge is 0.278 e. The highest BCUT2D eigenvalue weighted by atomic mass is 17.5. The third kappa shape index (κ3) is 1.35. The van der Waals surface area contributed by atoms with Crippen LogP contribution in [0.25, 0.3) is 0 Å². The predicted octanol–water partition coefficient (Wildman–Crippen LogP) is -1.44. The molecule has 1 aliphatic rings. The number of hydrogen-bond acceptors (Lipinski definition) is 6. The first-order chi connectivity index (χ1) is 3.39. The first-order valence-electron chi connectivity index (χ1n) is 1.55. The van der Waals surface area contributed by atoms with Gasteiger partial charge in [-0.15, -0.1) is 9.98 Å². The van der Waals surface area contributed by atoms with E-state index in [-0.39, 0.29) is 0 Å². The lowest BCUT2D eigenvalue weighted by atomic mass is 11.2. The summed E-state index contributed by atoms with van der Waals surface area (Å²) >= 11 is 0. The summed E-state index contributed by atoms with van der Waals surface area (Å²) in [4.78, 5) is 16.1. The van der Waals surface area contributed by atoms with E-state index in [1.54, 1.807) is 5.64 Å². The SMILES string of the molecule is NC1OONOO1. The van der Waals surface area contributed by atoms with E-state index in [1.165, 1.54) is 0 Å². The van der Waals surface area contributed by atoms with Gasteiger partial charge in [0.2, 0.25) is 0 Å². The molecule has 1 saturated heterocycles. The molecular formula is CH4N2O4. The fourth-order valence-corrected chi connectivity index (χ4v) is 0.164. The van der Waals surface area contributed by atoms with Gasteiger partial charge < -0.3 is 0 Å². The zero-order valence-electron chi connectivity index (χ0n) is 3.29. The molecule has 0 aromatic heterocycles. The maximum Gasteiger partial charge on any atom is 0.279 e. The maximum absolute atomic E-state index is 4.90. The Kier molecular flexibility index (Phi) is 1.52. The molecule has 1 aliphatic heterocycles. The van der Waals surface area contributed by atoms with Crippen LogP contribution in [0.1, 0.15) is 0 Å². The van der Waals surface area contributed by atoms with Gasteiger partial charge in [0.05, 0.1) is 0 Å². The van der Waals surface area contributed by atoms with Crippen LogP contribution < -0.4 is 11.4 Å². The van der Waals surface area contributed by atoms with E-state index in [0.29, 0.717) is 0 Å². The standard InChI is InChI=1S/CH4N2O4/c2-1-4-6-3-7-5-1/h1,3H,2H2. The number of nitrogens with one attached hydrogen (secondary N) is 1. The Hall–Kier alpha value is -0.240. The van der Waals surface area contributed by atoms with Crippen molar-refractivity contribution in [2.45, 2.75) is 6.41 Å². The topological polar surface area (TPSA) is 75.0 Å². The normalized spacial score (nSPS) is 25.3. The molecular weight excluding hydrogens is 104 g/mol. The van der Waals surface area contributed by atoms with Crippen LogP contribution in [0.3, 0.4) is 0 Å². The molecule has 7 heavy (non-hydrogen) atoms. The van der Waals surface area contributed by atoms with Crippen LogP contribution in [0, 0.1) is 0 Å². The summed E-state index contributed by atoms with van der Waals surface area (Å²) in [5, 5.41) is 0. The van der Waals surface area contributed by atoms with Crippen molar-refractivity contribution < 1.29 is 19.8 Å². The van der Waals surface area contributed by atoms with Gasteiger partial charge in [0.15, 0.2) is 0 Å². The van der Waals surface area contributed by atoms with Gasteiger partial charge in [0.25, 0.3) is 6.41 Å². The molecule has 6 nitrogen and oxygen atoms in total. The Labute approximate surface area is 38.8 Å². The Bertz CT molecular complexity index is 51.7. The Morgan fingerprint density at radius 1 is 1.29 bits per heavy atom. The zero-order valence-corrected chi connectivity index (χ0v) is 3.29. The molecule has 0 aromatic rings. The van der Waals surface area contributed by atoms with E-state index in [2.05, 4.69) is 19.8 Å². The molecule has 0 atom stereocenters. The summed E-state index contributed by atoms with van der Waals surface area (Å²) in [5.74, 6) is 0. The first-order valence-corrected chi connectivity index (χ1v) is 1.55. The van der Waals surface area contributed by atoms with Gasteiger partial charge in [0, 0.05) is 0 Å². The second-order valence-electron chi connectivity index (χ2n) is 0.811. The van der Waals surface area contributed by atoms with Crippen molar-refractivity contribution in [3.05, 3.63) is 0 Å². The van der Waals surface area contributed by atoms with Gasteiger partial charge in [0.1, 0.15) is 0 Å². The van der Waals surface area contributed by atoms with E-state index in [4.69, 9.17) is 5.73 Å². The molecule has 3 N–H and O–H groups in total. The van der Waals surface area contributed by atoms with E-state index in [0.717, 1.165) is 0 Å². The van der Waals surface area contributed by atoms with Crippen molar-refractivity contribution in [3.8, 4) is 0 Å². The number of nitrogens with two attached hydrogens (primary N) is 1. The van der Waals surface area contributed by atoms with E-state index < -0.39 is 6.41 Å². The molecule has 6 heteroatoms. The van der Waals surface area contributed by atoms with Crippen molar-refractivity contribution >= 4 is 0 Å². The molecule has 1 fully saturated rings. The molecule has 0 aromatic carbocycles. The fourth-order valence-electron chi connectivity index (χ4n) is 0.164. The van der Waals surface area contributed by atoms with Gasteiger partial charge in [-0.2, -0.15) is 9.78 Å². The van der Waals surface area contributed by atoms with Gasteiger partial charge in [-0.1, -0.05) is 0 Å². The van der Waals surface area contributed by atoms with Crippen molar-refractivity contribution in [1.29, 1.82) is 0 Å². The van der Waals surface area contributed by atoms with Crippen LogP contribution in [-0.4, -0.2) is 6.41 Å². The lowest BCUT2D eigenvalue weighted by molar-refractivity contribution is -0.608. The quantitative estimate of drug-likeness (QED) is 0.370. The molecule has 0 amide bonds.